The molecule has 1 saturated carbocycles. The number of carbonyl (C=O) groups excluding carboxylic acids is 1. The van der Waals surface area contributed by atoms with Crippen molar-refractivity contribution in [2.75, 3.05) is 5.32 Å². The van der Waals surface area contributed by atoms with Crippen molar-refractivity contribution in [3.05, 3.63) is 54.5 Å². The summed E-state index contributed by atoms with van der Waals surface area (Å²) in [5.41, 5.74) is 1.68. The molecule has 122 valence electrons. The molecule has 7 nitrogen and oxygen atoms in total. The van der Waals surface area contributed by atoms with E-state index in [0.717, 1.165) is 18.5 Å². The number of hydrogen-bond donors (Lipinski definition) is 1. The number of carbonyl (C=O) groups is 1. The summed E-state index contributed by atoms with van der Waals surface area (Å²) in [7, 11) is 0. The lowest BCUT2D eigenvalue weighted by Gasteiger charge is -2.23. The monoisotopic (exact) mass is 322 g/mol. The first kappa shape index (κ1) is 14.6. The van der Waals surface area contributed by atoms with Crippen molar-refractivity contribution < 1.29 is 4.79 Å². The number of para-hydroxylation sites is 1. The topological polar surface area (TPSA) is 77.6 Å². The average Bonchev–Trinajstić information content (AvgIpc) is 3.16. The first-order valence-corrected chi connectivity index (χ1v) is 8.09. The summed E-state index contributed by atoms with van der Waals surface area (Å²) in [4.78, 5) is 13.9. The molecular formula is C17H18N6O. The minimum Gasteiger partial charge on any atom is -0.308 e. The van der Waals surface area contributed by atoms with E-state index < -0.39 is 0 Å². The lowest BCUT2D eigenvalue weighted by Crippen LogP contribution is -2.20. The number of hydrogen-bond acceptors (Lipinski definition) is 4. The second kappa shape index (κ2) is 6.27. The second-order valence-electron chi connectivity index (χ2n) is 5.95. The van der Waals surface area contributed by atoms with E-state index in [-0.39, 0.29) is 12.3 Å². The minimum absolute atomic E-state index is 0.144. The molecular weight excluding hydrogens is 304 g/mol. The summed E-state index contributed by atoms with van der Waals surface area (Å²) >= 11 is 0. The van der Waals surface area contributed by atoms with Crippen molar-refractivity contribution >= 4 is 11.7 Å². The van der Waals surface area contributed by atoms with Crippen LogP contribution in [0.1, 0.15) is 31.0 Å². The van der Waals surface area contributed by atoms with Gasteiger partial charge in [-0.25, -0.2) is 4.68 Å². The molecule has 4 rings (SSSR count). The predicted octanol–water partition coefficient (Wildman–Crippen LogP) is 2.37. The lowest BCUT2D eigenvalue weighted by molar-refractivity contribution is -0.115. The third kappa shape index (κ3) is 3.05. The van der Waals surface area contributed by atoms with E-state index in [2.05, 4.69) is 20.6 Å². The molecule has 7 heteroatoms. The van der Waals surface area contributed by atoms with Crippen LogP contribution in [0.5, 0.6) is 0 Å². The van der Waals surface area contributed by atoms with Gasteiger partial charge in [0.25, 0.3) is 0 Å². The van der Waals surface area contributed by atoms with Crippen LogP contribution < -0.4 is 5.32 Å². The zero-order valence-corrected chi connectivity index (χ0v) is 13.2. The predicted molar refractivity (Wildman–Crippen MR) is 88.8 cm³/mol. The van der Waals surface area contributed by atoms with Gasteiger partial charge in [-0.05, 0) is 37.5 Å². The van der Waals surface area contributed by atoms with Crippen LogP contribution >= 0.6 is 0 Å². The van der Waals surface area contributed by atoms with Crippen molar-refractivity contribution in [1.29, 1.82) is 0 Å². The van der Waals surface area contributed by atoms with Gasteiger partial charge in [0.05, 0.1) is 30.0 Å². The maximum absolute atomic E-state index is 12.2. The van der Waals surface area contributed by atoms with Crippen LogP contribution in [-0.4, -0.2) is 30.7 Å². The first-order valence-electron chi connectivity index (χ1n) is 8.09. The van der Waals surface area contributed by atoms with Crippen molar-refractivity contribution in [2.45, 2.75) is 31.7 Å². The Morgan fingerprint density at radius 3 is 2.75 bits per heavy atom. The Labute approximate surface area is 139 Å². The molecule has 1 aliphatic carbocycles. The van der Waals surface area contributed by atoms with Gasteiger partial charge in [-0.1, -0.05) is 18.2 Å². The second-order valence-corrected chi connectivity index (χ2v) is 5.95. The average molecular weight is 322 g/mol. The van der Waals surface area contributed by atoms with Gasteiger partial charge in [-0.15, -0.1) is 5.10 Å². The van der Waals surface area contributed by atoms with E-state index in [0.29, 0.717) is 17.6 Å². The fourth-order valence-corrected chi connectivity index (χ4v) is 2.66. The van der Waals surface area contributed by atoms with Crippen LogP contribution in [0.4, 0.5) is 5.82 Å². The first-order chi connectivity index (χ1) is 11.8. The van der Waals surface area contributed by atoms with E-state index in [1.165, 1.54) is 6.42 Å². The Bertz CT molecular complexity index is 834. The maximum atomic E-state index is 12.2. The molecule has 3 aromatic rings. The largest absolute Gasteiger partial charge is 0.308 e. The standard InChI is InChI=1S/C17H18N6O/c24-17(19-16-12-18-23(21-16)15-7-4-8-15)11-13-9-10-22(20-13)14-5-2-1-3-6-14/h1-3,5-6,9-10,12,15H,4,7-8,11H2,(H,19,21,24). The smallest absolute Gasteiger partial charge is 0.231 e. The number of nitrogens with one attached hydrogen (secondary N) is 1. The van der Waals surface area contributed by atoms with E-state index >= 15 is 0 Å². The van der Waals surface area contributed by atoms with Crippen molar-refractivity contribution in [1.82, 2.24) is 24.8 Å². The SMILES string of the molecule is O=C(Cc1ccn(-c2ccccc2)n1)Nc1cnn(C2CCC2)n1. The van der Waals surface area contributed by atoms with Gasteiger partial charge in [0.15, 0.2) is 5.82 Å². The lowest BCUT2D eigenvalue weighted by atomic mass is 9.94. The number of anilines is 1. The van der Waals surface area contributed by atoms with Crippen molar-refractivity contribution in [2.24, 2.45) is 0 Å². The summed E-state index contributed by atoms with van der Waals surface area (Å²) in [6.07, 6.45) is 7.09. The van der Waals surface area contributed by atoms with Crippen molar-refractivity contribution in [3.8, 4) is 5.69 Å². The molecule has 0 unspecified atom stereocenters. The third-order valence-electron chi connectivity index (χ3n) is 4.18. The summed E-state index contributed by atoms with van der Waals surface area (Å²) in [5, 5.41) is 15.7. The molecule has 2 heterocycles. The Morgan fingerprint density at radius 2 is 2.00 bits per heavy atom. The fraction of sp³-hybridized carbons (Fsp3) is 0.294. The molecule has 1 amide bonds. The number of amides is 1. The maximum Gasteiger partial charge on any atom is 0.231 e. The van der Waals surface area contributed by atoms with E-state index in [9.17, 15) is 4.79 Å². The van der Waals surface area contributed by atoms with Crippen LogP contribution in [0, 0.1) is 0 Å². The summed E-state index contributed by atoms with van der Waals surface area (Å²) < 4.78 is 1.76. The molecule has 24 heavy (non-hydrogen) atoms. The third-order valence-corrected chi connectivity index (χ3v) is 4.18. The molecule has 1 fully saturated rings. The van der Waals surface area contributed by atoms with Crippen LogP contribution in [-0.2, 0) is 11.2 Å². The van der Waals surface area contributed by atoms with Crippen LogP contribution in [0.25, 0.3) is 5.69 Å². The molecule has 1 aliphatic rings. The van der Waals surface area contributed by atoms with Gasteiger partial charge in [0.2, 0.25) is 5.91 Å². The Morgan fingerprint density at radius 1 is 1.17 bits per heavy atom. The van der Waals surface area contributed by atoms with E-state index in [1.807, 2.05) is 42.6 Å². The number of aromatic nitrogens is 5. The molecule has 0 radical (unpaired) electrons. The number of rotatable bonds is 5. The Kier molecular flexibility index (Phi) is 3.82. The van der Waals surface area contributed by atoms with Gasteiger partial charge in [-0.3, -0.25) is 4.79 Å². The fourth-order valence-electron chi connectivity index (χ4n) is 2.66. The van der Waals surface area contributed by atoms with E-state index in [4.69, 9.17) is 0 Å². The van der Waals surface area contributed by atoms with Crippen molar-refractivity contribution in [3.63, 3.8) is 0 Å². The summed E-state index contributed by atoms with van der Waals surface area (Å²) in [5.74, 6) is 0.350. The van der Waals surface area contributed by atoms with Crippen LogP contribution in [0.3, 0.4) is 0 Å². The molecule has 0 saturated heterocycles. The zero-order chi connectivity index (χ0) is 16.4. The van der Waals surface area contributed by atoms with Gasteiger partial charge in [-0.2, -0.15) is 15.0 Å². The molecule has 0 bridgehead atoms. The van der Waals surface area contributed by atoms with E-state index in [1.54, 1.807) is 15.7 Å². The quantitative estimate of drug-likeness (QED) is 0.782. The highest BCUT2D eigenvalue weighted by Gasteiger charge is 2.21. The van der Waals surface area contributed by atoms with Gasteiger partial charge in [0, 0.05) is 6.20 Å². The molecule has 1 N–H and O–H groups in total. The minimum atomic E-state index is -0.144. The van der Waals surface area contributed by atoms with Crippen LogP contribution in [0.2, 0.25) is 0 Å². The molecule has 0 atom stereocenters. The molecule has 1 aromatic carbocycles. The van der Waals surface area contributed by atoms with Gasteiger partial charge >= 0.3 is 0 Å². The van der Waals surface area contributed by atoms with Gasteiger partial charge in [0.1, 0.15) is 0 Å². The molecule has 0 spiro atoms. The summed E-state index contributed by atoms with van der Waals surface area (Å²) in [6, 6.07) is 12.0. The summed E-state index contributed by atoms with van der Waals surface area (Å²) in [6.45, 7) is 0. The highest BCUT2D eigenvalue weighted by atomic mass is 16.1. The Hall–Kier alpha value is -2.96. The molecule has 2 aromatic heterocycles. The normalized spacial score (nSPS) is 14.3. The highest BCUT2D eigenvalue weighted by molar-refractivity contribution is 5.90. The van der Waals surface area contributed by atoms with Gasteiger partial charge < -0.3 is 5.32 Å². The highest BCUT2D eigenvalue weighted by Crippen LogP contribution is 2.30. The molecule has 0 aliphatic heterocycles. The number of nitrogens with zero attached hydrogens (tertiary/aromatic N) is 5. The Balaban J connectivity index is 1.37. The number of benzene rings is 1. The van der Waals surface area contributed by atoms with Crippen LogP contribution in [0.15, 0.2) is 48.8 Å². The zero-order valence-electron chi connectivity index (χ0n) is 13.2.